The van der Waals surface area contributed by atoms with Crippen molar-refractivity contribution in [2.75, 3.05) is 4.90 Å². The van der Waals surface area contributed by atoms with E-state index in [1.54, 1.807) is 0 Å². The van der Waals surface area contributed by atoms with Crippen LogP contribution < -0.4 is 4.90 Å². The predicted octanol–water partition coefficient (Wildman–Crippen LogP) is 9.92. The summed E-state index contributed by atoms with van der Waals surface area (Å²) in [6.07, 6.45) is 6.50. The van der Waals surface area contributed by atoms with Gasteiger partial charge in [0.2, 0.25) is 0 Å². The van der Waals surface area contributed by atoms with E-state index in [1.807, 2.05) is 0 Å². The maximum Gasteiger partial charge on any atom is 0.0462 e. The minimum atomic E-state index is 1.13. The van der Waals surface area contributed by atoms with Crippen LogP contribution in [0.5, 0.6) is 0 Å². The molecule has 0 aromatic heterocycles. The Hall–Kier alpha value is -4.62. The van der Waals surface area contributed by atoms with Crippen molar-refractivity contribution < 1.29 is 0 Å². The van der Waals surface area contributed by atoms with E-state index in [1.165, 1.54) is 27.8 Å². The summed E-state index contributed by atoms with van der Waals surface area (Å²) < 4.78 is 0. The highest BCUT2D eigenvalue weighted by Crippen LogP contribution is 2.35. The van der Waals surface area contributed by atoms with Crippen LogP contribution in [-0.4, -0.2) is 0 Å². The summed E-state index contributed by atoms with van der Waals surface area (Å²) >= 11 is 0. The van der Waals surface area contributed by atoms with E-state index in [0.717, 1.165) is 22.6 Å². The summed E-state index contributed by atoms with van der Waals surface area (Å²) in [4.78, 5) is 2.30. The third kappa shape index (κ3) is 5.97. The van der Waals surface area contributed by atoms with Crippen LogP contribution >= 0.6 is 0 Å². The van der Waals surface area contributed by atoms with E-state index in [-0.39, 0.29) is 0 Å². The summed E-state index contributed by atoms with van der Waals surface area (Å²) in [5, 5.41) is 0. The summed E-state index contributed by atoms with van der Waals surface area (Å²) in [6, 6.07) is 47.2. The SMILES string of the molecule is Cc1ccc(N(c2ccc(C)cc2)c2ccc(/C=C/C=C(c3ccccc3)c3ccccc3)cc2)cc1. The smallest absolute Gasteiger partial charge is 0.0462 e. The Labute approximate surface area is 220 Å². The van der Waals surface area contributed by atoms with Gasteiger partial charge in [-0.3, -0.25) is 0 Å². The molecule has 5 aromatic rings. The van der Waals surface area contributed by atoms with Crippen molar-refractivity contribution in [1.82, 2.24) is 0 Å². The van der Waals surface area contributed by atoms with Gasteiger partial charge in [-0.1, -0.05) is 126 Å². The first-order valence-electron chi connectivity index (χ1n) is 12.7. The fraction of sp³-hybridized carbons (Fsp3) is 0.0556. The van der Waals surface area contributed by atoms with Crippen molar-refractivity contribution in [1.29, 1.82) is 0 Å². The van der Waals surface area contributed by atoms with Gasteiger partial charge in [0.1, 0.15) is 0 Å². The topological polar surface area (TPSA) is 3.24 Å². The number of nitrogens with zero attached hydrogens (tertiary/aromatic N) is 1. The maximum absolute atomic E-state index is 2.30. The van der Waals surface area contributed by atoms with Crippen molar-refractivity contribution in [3.05, 3.63) is 173 Å². The van der Waals surface area contributed by atoms with Gasteiger partial charge in [0.05, 0.1) is 0 Å². The number of hydrogen-bond acceptors (Lipinski definition) is 1. The van der Waals surface area contributed by atoms with E-state index in [2.05, 4.69) is 170 Å². The Morgan fingerprint density at radius 3 is 1.32 bits per heavy atom. The molecule has 180 valence electrons. The molecule has 0 aliphatic carbocycles. The van der Waals surface area contributed by atoms with Gasteiger partial charge >= 0.3 is 0 Å². The molecular formula is C36H31N. The molecule has 0 spiro atoms. The molecule has 0 aliphatic rings. The highest BCUT2D eigenvalue weighted by molar-refractivity contribution is 5.82. The van der Waals surface area contributed by atoms with Gasteiger partial charge in [-0.05, 0) is 72.5 Å². The molecule has 37 heavy (non-hydrogen) atoms. The fourth-order valence-corrected chi connectivity index (χ4v) is 4.42. The average Bonchev–Trinajstić information content (AvgIpc) is 2.95. The molecular weight excluding hydrogens is 446 g/mol. The number of hydrogen-bond donors (Lipinski definition) is 0. The van der Waals surface area contributed by atoms with Crippen molar-refractivity contribution in [2.24, 2.45) is 0 Å². The second-order valence-corrected chi connectivity index (χ2v) is 9.27. The monoisotopic (exact) mass is 477 g/mol. The van der Waals surface area contributed by atoms with Gasteiger partial charge in [-0.25, -0.2) is 0 Å². The first kappa shape index (κ1) is 24.1. The molecule has 1 nitrogen and oxygen atoms in total. The second-order valence-electron chi connectivity index (χ2n) is 9.27. The van der Waals surface area contributed by atoms with Crippen LogP contribution in [-0.2, 0) is 0 Å². The van der Waals surface area contributed by atoms with Gasteiger partial charge in [0.15, 0.2) is 0 Å². The van der Waals surface area contributed by atoms with Crippen molar-refractivity contribution >= 4 is 28.7 Å². The zero-order valence-corrected chi connectivity index (χ0v) is 21.4. The van der Waals surface area contributed by atoms with Crippen LogP contribution in [0.25, 0.3) is 11.6 Å². The Balaban J connectivity index is 1.44. The zero-order chi connectivity index (χ0) is 25.5. The lowest BCUT2D eigenvalue weighted by atomic mass is 9.97. The normalized spacial score (nSPS) is 10.9. The van der Waals surface area contributed by atoms with Crippen LogP contribution in [0.2, 0.25) is 0 Å². The van der Waals surface area contributed by atoms with Crippen molar-refractivity contribution in [3.8, 4) is 0 Å². The number of aryl methyl sites for hydroxylation is 2. The largest absolute Gasteiger partial charge is 0.311 e. The molecule has 0 atom stereocenters. The standard InChI is InChI=1S/C36H31N/c1-28-16-22-33(23-17-28)37(34-24-18-29(2)19-25-34)35-26-20-30(21-27-35)10-9-15-36(31-11-5-3-6-12-31)32-13-7-4-8-14-32/h3-27H,1-2H3/b10-9+. The molecule has 5 rings (SSSR count). The highest BCUT2D eigenvalue weighted by atomic mass is 15.1. The third-order valence-electron chi connectivity index (χ3n) is 6.46. The maximum atomic E-state index is 2.30. The molecule has 0 aliphatic heterocycles. The fourth-order valence-electron chi connectivity index (χ4n) is 4.42. The molecule has 0 N–H and O–H groups in total. The lowest BCUT2D eigenvalue weighted by Gasteiger charge is -2.25. The van der Waals surface area contributed by atoms with Crippen LogP contribution in [0.1, 0.15) is 27.8 Å². The van der Waals surface area contributed by atoms with Gasteiger partial charge in [0, 0.05) is 17.1 Å². The molecule has 0 saturated heterocycles. The van der Waals surface area contributed by atoms with E-state index < -0.39 is 0 Å². The Morgan fingerprint density at radius 2 is 0.892 bits per heavy atom. The van der Waals surface area contributed by atoms with Gasteiger partial charge in [-0.2, -0.15) is 0 Å². The van der Waals surface area contributed by atoms with Crippen LogP contribution in [0.4, 0.5) is 17.1 Å². The van der Waals surface area contributed by atoms with Gasteiger partial charge in [-0.15, -0.1) is 0 Å². The predicted molar refractivity (Wildman–Crippen MR) is 160 cm³/mol. The first-order chi connectivity index (χ1) is 18.2. The molecule has 0 radical (unpaired) electrons. The Bertz CT molecular complexity index is 1390. The molecule has 5 aromatic carbocycles. The summed E-state index contributed by atoms with van der Waals surface area (Å²) in [5.41, 5.74) is 10.7. The van der Waals surface area contributed by atoms with Crippen molar-refractivity contribution in [2.45, 2.75) is 13.8 Å². The highest BCUT2D eigenvalue weighted by Gasteiger charge is 2.12. The first-order valence-corrected chi connectivity index (χ1v) is 12.7. The Morgan fingerprint density at radius 1 is 0.486 bits per heavy atom. The van der Waals surface area contributed by atoms with E-state index in [9.17, 15) is 0 Å². The summed E-state index contributed by atoms with van der Waals surface area (Å²) in [5.74, 6) is 0. The quantitative estimate of drug-likeness (QED) is 0.211. The molecule has 0 bridgehead atoms. The number of rotatable bonds is 7. The van der Waals surface area contributed by atoms with Gasteiger partial charge < -0.3 is 4.90 Å². The van der Waals surface area contributed by atoms with Crippen molar-refractivity contribution in [3.63, 3.8) is 0 Å². The van der Waals surface area contributed by atoms with E-state index >= 15 is 0 Å². The summed E-state index contributed by atoms with van der Waals surface area (Å²) in [7, 11) is 0. The molecule has 0 unspecified atom stereocenters. The number of benzene rings is 5. The lowest BCUT2D eigenvalue weighted by molar-refractivity contribution is 1.27. The Kier molecular flexibility index (Phi) is 7.43. The van der Waals surface area contributed by atoms with E-state index in [0.29, 0.717) is 0 Å². The lowest BCUT2D eigenvalue weighted by Crippen LogP contribution is -2.09. The van der Waals surface area contributed by atoms with Gasteiger partial charge in [0.25, 0.3) is 0 Å². The minimum Gasteiger partial charge on any atom is -0.311 e. The van der Waals surface area contributed by atoms with Crippen LogP contribution in [0.3, 0.4) is 0 Å². The molecule has 1 heteroatoms. The minimum absolute atomic E-state index is 1.13. The van der Waals surface area contributed by atoms with Crippen LogP contribution in [0.15, 0.2) is 146 Å². The average molecular weight is 478 g/mol. The van der Waals surface area contributed by atoms with Crippen LogP contribution in [0, 0.1) is 13.8 Å². The zero-order valence-electron chi connectivity index (χ0n) is 21.4. The molecule has 0 amide bonds. The molecule has 0 heterocycles. The second kappa shape index (κ2) is 11.4. The molecule has 0 fully saturated rings. The molecule has 0 saturated carbocycles. The number of allylic oxidation sites excluding steroid dienone is 2. The van der Waals surface area contributed by atoms with E-state index in [4.69, 9.17) is 0 Å². The summed E-state index contributed by atoms with van der Waals surface area (Å²) in [6.45, 7) is 4.24. The number of anilines is 3. The third-order valence-corrected chi connectivity index (χ3v) is 6.46.